The third-order valence-electron chi connectivity index (χ3n) is 6.82. The van der Waals surface area contributed by atoms with E-state index in [9.17, 15) is 0 Å². The van der Waals surface area contributed by atoms with Crippen LogP contribution < -0.4 is 10.6 Å². The van der Waals surface area contributed by atoms with Crippen molar-refractivity contribution >= 4 is 26.2 Å². The van der Waals surface area contributed by atoms with Gasteiger partial charge >= 0.3 is 0 Å². The lowest BCUT2D eigenvalue weighted by Crippen LogP contribution is -2.55. The molecule has 6 heteroatoms. The van der Waals surface area contributed by atoms with Gasteiger partial charge in [0, 0.05) is 13.2 Å². The lowest BCUT2D eigenvalue weighted by Gasteiger charge is -2.39. The molecule has 2 N–H and O–H groups in total. The molecule has 0 amide bonds. The maximum Gasteiger partial charge on any atom is 0.162 e. The first-order chi connectivity index (χ1) is 12.9. The van der Waals surface area contributed by atoms with Gasteiger partial charge in [0.25, 0.3) is 0 Å². The van der Waals surface area contributed by atoms with Crippen LogP contribution in [0.4, 0.5) is 5.82 Å². The highest BCUT2D eigenvalue weighted by atomic mass is 31.0. The zero-order valence-electron chi connectivity index (χ0n) is 17.2. The zero-order chi connectivity index (χ0) is 19.5. The zero-order valence-corrected chi connectivity index (χ0v) is 18.4. The summed E-state index contributed by atoms with van der Waals surface area (Å²) < 4.78 is 1.78. The van der Waals surface area contributed by atoms with Crippen LogP contribution in [0.5, 0.6) is 0 Å². The maximum atomic E-state index is 7.03. The second kappa shape index (κ2) is 8.45. The van der Waals surface area contributed by atoms with Crippen LogP contribution in [-0.2, 0) is 0 Å². The molecule has 0 spiro atoms. The standard InChI is InChI=1S/C21H36N5P/c1-4-20(2)12-6-5-7-14-21(22,15-9-8-13-20)25(3)19-17-11-10-16-23-18(17)26(27)24-19/h10-11,16H,4-9,12-15,22,27H2,1-3H3. The van der Waals surface area contributed by atoms with Crippen LogP contribution in [-0.4, -0.2) is 27.2 Å². The van der Waals surface area contributed by atoms with E-state index < -0.39 is 0 Å². The quantitative estimate of drug-likeness (QED) is 0.586. The van der Waals surface area contributed by atoms with Gasteiger partial charge in [-0.25, -0.2) is 9.44 Å². The average Bonchev–Trinajstić information content (AvgIpc) is 2.99. The van der Waals surface area contributed by atoms with Crippen molar-refractivity contribution in [3.63, 3.8) is 0 Å². The smallest absolute Gasteiger partial charge is 0.162 e. The largest absolute Gasteiger partial charge is 0.340 e. The number of nitrogens with zero attached hydrogens (tertiary/aromatic N) is 4. The predicted molar refractivity (Wildman–Crippen MR) is 118 cm³/mol. The highest BCUT2D eigenvalue weighted by molar-refractivity contribution is 7.14. The van der Waals surface area contributed by atoms with Gasteiger partial charge in [-0.15, -0.1) is 5.10 Å². The van der Waals surface area contributed by atoms with Crippen LogP contribution >= 0.6 is 9.39 Å². The summed E-state index contributed by atoms with van der Waals surface area (Å²) in [4.78, 5) is 6.68. The Morgan fingerprint density at radius 1 is 1.15 bits per heavy atom. The molecule has 1 fully saturated rings. The molecule has 1 aliphatic carbocycles. The molecule has 0 radical (unpaired) electrons. The number of anilines is 1. The molecular weight excluding hydrogens is 353 g/mol. The van der Waals surface area contributed by atoms with E-state index in [0.29, 0.717) is 5.41 Å². The minimum absolute atomic E-state index is 0.352. The number of nitrogens with two attached hydrogens (primary N) is 1. The second-order valence-electron chi connectivity index (χ2n) is 8.74. The monoisotopic (exact) mass is 389 g/mol. The molecule has 0 saturated heterocycles. The van der Waals surface area contributed by atoms with Gasteiger partial charge in [-0.3, -0.25) is 0 Å². The van der Waals surface area contributed by atoms with Crippen LogP contribution in [0.1, 0.15) is 78.1 Å². The molecule has 0 aliphatic heterocycles. The molecule has 150 valence electrons. The predicted octanol–water partition coefficient (Wildman–Crippen LogP) is 5.10. The van der Waals surface area contributed by atoms with E-state index in [0.717, 1.165) is 29.7 Å². The van der Waals surface area contributed by atoms with E-state index in [1.165, 1.54) is 51.4 Å². The molecule has 0 aromatic carbocycles. The van der Waals surface area contributed by atoms with Gasteiger partial charge in [0.2, 0.25) is 0 Å². The summed E-state index contributed by atoms with van der Waals surface area (Å²) >= 11 is 0. The summed E-state index contributed by atoms with van der Waals surface area (Å²) in [7, 11) is 4.74. The Kier molecular flexibility index (Phi) is 6.43. The Balaban J connectivity index is 1.82. The molecule has 5 nitrogen and oxygen atoms in total. The van der Waals surface area contributed by atoms with E-state index in [4.69, 9.17) is 10.8 Å². The SMILES string of the molecule is CCC1(C)CCCCCC(N)(N(C)c2nn(P)c3ncccc23)CCCC1. The molecule has 27 heavy (non-hydrogen) atoms. The molecule has 1 saturated carbocycles. The summed E-state index contributed by atoms with van der Waals surface area (Å²) in [5, 5.41) is 5.79. The topological polar surface area (TPSA) is 60.0 Å². The van der Waals surface area contributed by atoms with Gasteiger partial charge < -0.3 is 10.6 Å². The van der Waals surface area contributed by atoms with Crippen molar-refractivity contribution in [1.29, 1.82) is 0 Å². The van der Waals surface area contributed by atoms with E-state index in [2.05, 4.69) is 46.2 Å². The maximum absolute atomic E-state index is 7.03. The van der Waals surface area contributed by atoms with Gasteiger partial charge in [0.1, 0.15) is 0 Å². The summed E-state index contributed by atoms with van der Waals surface area (Å²) in [6.07, 6.45) is 14.0. The average molecular weight is 390 g/mol. The fourth-order valence-corrected chi connectivity index (χ4v) is 4.81. The van der Waals surface area contributed by atoms with E-state index in [1.54, 1.807) is 4.45 Å². The molecule has 2 aromatic heterocycles. The number of rotatable bonds is 3. The van der Waals surface area contributed by atoms with Crippen molar-refractivity contribution in [1.82, 2.24) is 14.5 Å². The molecule has 3 unspecified atom stereocenters. The van der Waals surface area contributed by atoms with Gasteiger partial charge in [0.15, 0.2) is 11.5 Å². The lowest BCUT2D eigenvalue weighted by atomic mass is 9.78. The highest BCUT2D eigenvalue weighted by Gasteiger charge is 2.33. The van der Waals surface area contributed by atoms with Crippen molar-refractivity contribution in [3.05, 3.63) is 18.3 Å². The van der Waals surface area contributed by atoms with Crippen molar-refractivity contribution in [2.24, 2.45) is 11.1 Å². The first-order valence-electron chi connectivity index (χ1n) is 10.5. The Hall–Kier alpha value is -1.19. The summed E-state index contributed by atoms with van der Waals surface area (Å²) in [6, 6.07) is 4.06. The van der Waals surface area contributed by atoms with E-state index in [1.807, 2.05) is 12.3 Å². The molecule has 0 bridgehead atoms. The number of pyridine rings is 1. The molecule has 2 aromatic rings. The highest BCUT2D eigenvalue weighted by Crippen LogP contribution is 2.38. The van der Waals surface area contributed by atoms with Gasteiger partial charge in [-0.1, -0.05) is 39.5 Å². The third kappa shape index (κ3) is 4.46. The van der Waals surface area contributed by atoms with Crippen molar-refractivity contribution in [2.75, 3.05) is 11.9 Å². The second-order valence-corrected chi connectivity index (χ2v) is 9.23. The molecule has 1 aliphatic rings. The lowest BCUT2D eigenvalue weighted by molar-refractivity contribution is 0.242. The van der Waals surface area contributed by atoms with Crippen LogP contribution in [0.3, 0.4) is 0 Å². The van der Waals surface area contributed by atoms with Crippen LogP contribution in [0.2, 0.25) is 0 Å². The minimum atomic E-state index is -0.352. The molecule has 3 atom stereocenters. The third-order valence-corrected chi connectivity index (χ3v) is 7.18. The van der Waals surface area contributed by atoms with E-state index >= 15 is 0 Å². The molecule has 3 rings (SSSR count). The van der Waals surface area contributed by atoms with Crippen LogP contribution in [0, 0.1) is 5.41 Å². The van der Waals surface area contributed by atoms with Gasteiger partial charge in [-0.05, 0) is 65.5 Å². The van der Waals surface area contributed by atoms with Crippen molar-refractivity contribution in [3.8, 4) is 0 Å². The number of aromatic nitrogens is 3. The fourth-order valence-electron chi connectivity index (χ4n) is 4.50. The Labute approximate surface area is 166 Å². The Morgan fingerprint density at radius 3 is 2.48 bits per heavy atom. The van der Waals surface area contributed by atoms with Crippen molar-refractivity contribution < 1.29 is 0 Å². The Bertz CT molecular complexity index is 760. The summed E-state index contributed by atoms with van der Waals surface area (Å²) in [6.45, 7) is 4.82. The number of hydrogen-bond acceptors (Lipinski definition) is 4. The fraction of sp³-hybridized carbons (Fsp3) is 0.714. The molecule has 2 heterocycles. The first kappa shape index (κ1) is 20.5. The number of hydrogen-bond donors (Lipinski definition) is 1. The summed E-state index contributed by atoms with van der Waals surface area (Å²) in [5.74, 6) is 0.934. The normalized spacial score (nSPS) is 28.0. The molecular formula is C21H36N5P. The van der Waals surface area contributed by atoms with Crippen LogP contribution in [0.25, 0.3) is 11.0 Å². The van der Waals surface area contributed by atoms with Gasteiger partial charge in [0.05, 0.1) is 11.0 Å². The Morgan fingerprint density at radius 2 is 1.78 bits per heavy atom. The summed E-state index contributed by atoms with van der Waals surface area (Å²) in [5.41, 5.74) is 8.06. The number of fused-ring (bicyclic) bond motifs is 1. The minimum Gasteiger partial charge on any atom is -0.340 e. The van der Waals surface area contributed by atoms with E-state index in [-0.39, 0.29) is 5.66 Å². The van der Waals surface area contributed by atoms with Gasteiger partial charge in [-0.2, -0.15) is 0 Å². The van der Waals surface area contributed by atoms with Crippen LogP contribution in [0.15, 0.2) is 18.3 Å². The van der Waals surface area contributed by atoms with Crippen molar-refractivity contribution in [2.45, 2.75) is 83.7 Å². The first-order valence-corrected chi connectivity index (χ1v) is 11.0.